The summed E-state index contributed by atoms with van der Waals surface area (Å²) >= 11 is 0. The van der Waals surface area contributed by atoms with Crippen molar-refractivity contribution in [2.24, 2.45) is 0 Å². The number of halogens is 1. The van der Waals surface area contributed by atoms with Crippen molar-refractivity contribution >= 4 is 11.8 Å². The van der Waals surface area contributed by atoms with Crippen molar-refractivity contribution < 1.29 is 4.39 Å². The van der Waals surface area contributed by atoms with E-state index >= 15 is 0 Å². The number of aromatic nitrogens is 3. The molecule has 0 aliphatic heterocycles. The highest BCUT2D eigenvalue weighted by Gasteiger charge is 2.05. The first-order chi connectivity index (χ1) is 8.79. The summed E-state index contributed by atoms with van der Waals surface area (Å²) in [4.78, 5) is 11.8. The van der Waals surface area contributed by atoms with Gasteiger partial charge >= 0.3 is 0 Å². The van der Waals surface area contributed by atoms with Crippen LogP contribution < -0.4 is 10.6 Å². The smallest absolute Gasteiger partial charge is 0.224 e. The fourth-order valence-corrected chi connectivity index (χ4v) is 1.42. The van der Waals surface area contributed by atoms with E-state index in [0.29, 0.717) is 19.0 Å². The van der Waals surface area contributed by atoms with Crippen molar-refractivity contribution in [1.82, 2.24) is 15.0 Å². The second-order valence-electron chi connectivity index (χ2n) is 3.63. The number of pyridine rings is 1. The molecule has 2 aromatic rings. The number of anilines is 2. The standard InChI is InChI=1S/C12H14FN5/c1-2-15-12-17-8-10(13)11(18-12)16-7-9-3-5-14-6-4-9/h3-6,8H,2,7H2,1H3,(H2,15,16,17,18). The lowest BCUT2D eigenvalue weighted by molar-refractivity contribution is 0.617. The van der Waals surface area contributed by atoms with Gasteiger partial charge in [0.1, 0.15) is 0 Å². The van der Waals surface area contributed by atoms with Gasteiger partial charge < -0.3 is 10.6 Å². The Bertz CT molecular complexity index is 503. The van der Waals surface area contributed by atoms with Gasteiger partial charge in [-0.1, -0.05) is 0 Å². The fraction of sp³-hybridized carbons (Fsp3) is 0.250. The summed E-state index contributed by atoms with van der Waals surface area (Å²) in [5.41, 5.74) is 1.01. The van der Waals surface area contributed by atoms with Gasteiger partial charge in [-0.25, -0.2) is 9.37 Å². The SMILES string of the molecule is CCNc1ncc(F)c(NCc2ccncc2)n1. The maximum atomic E-state index is 13.5. The lowest BCUT2D eigenvalue weighted by Crippen LogP contribution is -2.08. The third kappa shape index (κ3) is 3.13. The van der Waals surface area contributed by atoms with Crippen molar-refractivity contribution in [2.45, 2.75) is 13.5 Å². The molecule has 0 bridgehead atoms. The Morgan fingerprint density at radius 1 is 1.22 bits per heavy atom. The topological polar surface area (TPSA) is 62.7 Å². The van der Waals surface area contributed by atoms with Crippen LogP contribution >= 0.6 is 0 Å². The van der Waals surface area contributed by atoms with E-state index in [1.54, 1.807) is 12.4 Å². The molecule has 0 saturated carbocycles. The predicted octanol–water partition coefficient (Wildman–Crippen LogP) is 2.05. The predicted molar refractivity (Wildman–Crippen MR) is 67.7 cm³/mol. The van der Waals surface area contributed by atoms with Gasteiger partial charge in [0.25, 0.3) is 0 Å². The fourth-order valence-electron chi connectivity index (χ4n) is 1.42. The maximum absolute atomic E-state index is 13.5. The largest absolute Gasteiger partial charge is 0.363 e. The zero-order valence-electron chi connectivity index (χ0n) is 10.0. The van der Waals surface area contributed by atoms with Crippen molar-refractivity contribution in [3.63, 3.8) is 0 Å². The second-order valence-corrected chi connectivity index (χ2v) is 3.63. The van der Waals surface area contributed by atoms with Gasteiger partial charge in [0, 0.05) is 25.5 Å². The summed E-state index contributed by atoms with van der Waals surface area (Å²) in [6, 6.07) is 3.72. The molecule has 2 rings (SSSR count). The van der Waals surface area contributed by atoms with E-state index < -0.39 is 5.82 Å². The van der Waals surface area contributed by atoms with Crippen LogP contribution in [0.15, 0.2) is 30.7 Å². The number of nitrogens with one attached hydrogen (secondary N) is 2. The highest BCUT2D eigenvalue weighted by molar-refractivity contribution is 5.41. The summed E-state index contributed by atoms with van der Waals surface area (Å²) in [5, 5.41) is 5.87. The normalized spacial score (nSPS) is 10.1. The minimum atomic E-state index is -0.467. The van der Waals surface area contributed by atoms with Crippen LogP contribution in [0, 0.1) is 5.82 Å². The lowest BCUT2D eigenvalue weighted by atomic mass is 10.3. The van der Waals surface area contributed by atoms with E-state index in [9.17, 15) is 4.39 Å². The molecule has 5 nitrogen and oxygen atoms in total. The summed E-state index contributed by atoms with van der Waals surface area (Å²) in [7, 11) is 0. The summed E-state index contributed by atoms with van der Waals surface area (Å²) < 4.78 is 13.5. The molecular weight excluding hydrogens is 233 g/mol. The Balaban J connectivity index is 2.06. The van der Waals surface area contributed by atoms with Gasteiger partial charge in [0.15, 0.2) is 11.6 Å². The Morgan fingerprint density at radius 3 is 2.72 bits per heavy atom. The average molecular weight is 247 g/mol. The van der Waals surface area contributed by atoms with Crippen LogP contribution in [-0.4, -0.2) is 21.5 Å². The van der Waals surface area contributed by atoms with Crippen LogP contribution in [0.1, 0.15) is 12.5 Å². The van der Waals surface area contributed by atoms with Crippen LogP contribution in [0.2, 0.25) is 0 Å². The molecule has 6 heteroatoms. The Morgan fingerprint density at radius 2 is 2.00 bits per heavy atom. The Kier molecular flexibility index (Phi) is 4.01. The van der Waals surface area contributed by atoms with E-state index in [4.69, 9.17) is 0 Å². The molecule has 0 radical (unpaired) electrons. The third-order valence-corrected chi connectivity index (χ3v) is 2.29. The van der Waals surface area contributed by atoms with Crippen LogP contribution in [0.4, 0.5) is 16.2 Å². The lowest BCUT2D eigenvalue weighted by Gasteiger charge is -2.08. The summed E-state index contributed by atoms with van der Waals surface area (Å²) in [6.45, 7) is 3.11. The molecule has 0 aromatic carbocycles. The van der Waals surface area contributed by atoms with Gasteiger partial charge in [-0.2, -0.15) is 4.98 Å². The van der Waals surface area contributed by atoms with E-state index in [1.807, 2.05) is 19.1 Å². The molecular formula is C12H14FN5. The number of rotatable bonds is 5. The molecule has 0 saturated heterocycles. The van der Waals surface area contributed by atoms with E-state index in [-0.39, 0.29) is 5.82 Å². The zero-order valence-corrected chi connectivity index (χ0v) is 10.0. The highest BCUT2D eigenvalue weighted by atomic mass is 19.1. The van der Waals surface area contributed by atoms with Crippen LogP contribution in [-0.2, 0) is 6.54 Å². The Labute approximate surface area is 105 Å². The molecule has 0 aliphatic rings. The average Bonchev–Trinajstić information content (AvgIpc) is 2.41. The van der Waals surface area contributed by atoms with Crippen LogP contribution in [0.25, 0.3) is 0 Å². The van der Waals surface area contributed by atoms with Gasteiger partial charge in [-0.3, -0.25) is 4.98 Å². The van der Waals surface area contributed by atoms with Crippen molar-refractivity contribution in [3.8, 4) is 0 Å². The minimum Gasteiger partial charge on any atom is -0.363 e. The number of hydrogen-bond acceptors (Lipinski definition) is 5. The quantitative estimate of drug-likeness (QED) is 0.846. The second kappa shape index (κ2) is 5.90. The van der Waals surface area contributed by atoms with E-state index in [0.717, 1.165) is 11.8 Å². The molecule has 2 aromatic heterocycles. The molecule has 94 valence electrons. The van der Waals surface area contributed by atoms with Gasteiger partial charge in [-0.15, -0.1) is 0 Å². The van der Waals surface area contributed by atoms with Gasteiger partial charge in [-0.05, 0) is 24.6 Å². The zero-order chi connectivity index (χ0) is 12.8. The highest BCUT2D eigenvalue weighted by Crippen LogP contribution is 2.12. The molecule has 0 fully saturated rings. The van der Waals surface area contributed by atoms with Crippen molar-refractivity contribution in [3.05, 3.63) is 42.1 Å². The first kappa shape index (κ1) is 12.2. The summed E-state index contributed by atoms with van der Waals surface area (Å²) in [6.07, 6.45) is 4.54. The molecule has 2 heterocycles. The summed E-state index contributed by atoms with van der Waals surface area (Å²) in [5.74, 6) is 0.139. The number of nitrogens with zero attached hydrogens (tertiary/aromatic N) is 3. The van der Waals surface area contributed by atoms with Gasteiger partial charge in [0.05, 0.1) is 6.20 Å². The van der Waals surface area contributed by atoms with Crippen molar-refractivity contribution in [1.29, 1.82) is 0 Å². The first-order valence-corrected chi connectivity index (χ1v) is 5.68. The molecule has 18 heavy (non-hydrogen) atoms. The minimum absolute atomic E-state index is 0.192. The van der Waals surface area contributed by atoms with Crippen LogP contribution in [0.3, 0.4) is 0 Å². The number of hydrogen-bond donors (Lipinski definition) is 2. The maximum Gasteiger partial charge on any atom is 0.224 e. The molecule has 0 amide bonds. The van der Waals surface area contributed by atoms with Crippen LogP contribution in [0.5, 0.6) is 0 Å². The first-order valence-electron chi connectivity index (χ1n) is 5.68. The molecule has 2 N–H and O–H groups in total. The molecule has 0 aliphatic carbocycles. The van der Waals surface area contributed by atoms with Gasteiger partial charge in [0.2, 0.25) is 5.95 Å². The monoisotopic (exact) mass is 247 g/mol. The van der Waals surface area contributed by atoms with Crippen molar-refractivity contribution in [2.75, 3.05) is 17.2 Å². The molecule has 0 atom stereocenters. The van der Waals surface area contributed by atoms with E-state index in [1.165, 1.54) is 0 Å². The molecule has 0 unspecified atom stereocenters. The molecule has 0 spiro atoms. The third-order valence-electron chi connectivity index (χ3n) is 2.29. The Hall–Kier alpha value is -2.24. The van der Waals surface area contributed by atoms with E-state index in [2.05, 4.69) is 25.6 Å².